The second kappa shape index (κ2) is 7.31. The summed E-state index contributed by atoms with van der Waals surface area (Å²) in [6.07, 6.45) is 1.52. The number of Topliss-reactive ketones (excluding diaryl/α,β-unsaturated/α-hetero) is 1. The fourth-order valence-corrected chi connectivity index (χ4v) is 1.87. The van der Waals surface area contributed by atoms with Crippen LogP contribution in [0.1, 0.15) is 22.8 Å². The number of halogens is 1. The number of benzene rings is 2. The van der Waals surface area contributed by atoms with Crippen LogP contribution in [-0.2, 0) is 9.53 Å². The van der Waals surface area contributed by atoms with Crippen LogP contribution in [0, 0.1) is 5.82 Å². The summed E-state index contributed by atoms with van der Waals surface area (Å²) in [6.45, 7) is 1.50. The Morgan fingerprint density at radius 3 is 2.36 bits per heavy atom. The summed E-state index contributed by atoms with van der Waals surface area (Å²) in [4.78, 5) is 23.7. The van der Waals surface area contributed by atoms with Gasteiger partial charge in [0.15, 0.2) is 6.10 Å². The van der Waals surface area contributed by atoms with Crippen molar-refractivity contribution in [1.29, 1.82) is 0 Å². The van der Waals surface area contributed by atoms with E-state index in [0.717, 1.165) is 6.08 Å². The lowest BCUT2D eigenvalue weighted by molar-refractivity contribution is -0.140. The van der Waals surface area contributed by atoms with Gasteiger partial charge in [0.25, 0.3) is 0 Å². The largest absolute Gasteiger partial charge is 0.451 e. The summed E-state index contributed by atoms with van der Waals surface area (Å²) in [5.74, 6) is -1.41. The Hall–Kier alpha value is -2.75. The summed E-state index contributed by atoms with van der Waals surface area (Å²) in [6, 6.07) is 14.6. The third-order valence-electron chi connectivity index (χ3n) is 3.02. The molecule has 0 radical (unpaired) electrons. The SMILES string of the molecule is CC(OC(=O)/C=C/c1ccccc1F)C(=O)c1ccccc1. The molecule has 0 N–H and O–H groups in total. The van der Waals surface area contributed by atoms with E-state index in [1.165, 1.54) is 25.1 Å². The molecule has 0 fully saturated rings. The van der Waals surface area contributed by atoms with E-state index >= 15 is 0 Å². The standard InChI is InChI=1S/C18H15FO3/c1-13(18(21)15-8-3-2-4-9-15)22-17(20)12-11-14-7-5-6-10-16(14)19/h2-13H,1H3/b12-11+. The maximum absolute atomic E-state index is 13.4. The van der Waals surface area contributed by atoms with Gasteiger partial charge in [-0.2, -0.15) is 0 Å². The molecule has 0 heterocycles. The van der Waals surface area contributed by atoms with Gasteiger partial charge in [-0.25, -0.2) is 9.18 Å². The fourth-order valence-electron chi connectivity index (χ4n) is 1.87. The molecule has 0 saturated carbocycles. The number of hydrogen-bond acceptors (Lipinski definition) is 3. The normalized spacial score (nSPS) is 12.1. The van der Waals surface area contributed by atoms with Gasteiger partial charge in [-0.05, 0) is 19.1 Å². The molecule has 0 spiro atoms. The van der Waals surface area contributed by atoms with Crippen LogP contribution in [0.3, 0.4) is 0 Å². The smallest absolute Gasteiger partial charge is 0.331 e. The van der Waals surface area contributed by atoms with E-state index in [-0.39, 0.29) is 11.3 Å². The molecule has 2 rings (SSSR count). The molecule has 2 aromatic rings. The molecule has 0 aliphatic heterocycles. The molecule has 1 unspecified atom stereocenters. The number of carbonyl (C=O) groups excluding carboxylic acids is 2. The van der Waals surface area contributed by atoms with E-state index in [1.54, 1.807) is 42.5 Å². The summed E-state index contributed by atoms with van der Waals surface area (Å²) < 4.78 is 18.4. The average molecular weight is 298 g/mol. The van der Waals surface area contributed by atoms with Crippen LogP contribution in [0.5, 0.6) is 0 Å². The van der Waals surface area contributed by atoms with Crippen LogP contribution < -0.4 is 0 Å². The lowest BCUT2D eigenvalue weighted by Gasteiger charge is -2.10. The van der Waals surface area contributed by atoms with Crippen LogP contribution in [0.15, 0.2) is 60.7 Å². The molecule has 2 aromatic carbocycles. The van der Waals surface area contributed by atoms with Gasteiger partial charge in [0, 0.05) is 17.2 Å². The maximum Gasteiger partial charge on any atom is 0.331 e. The van der Waals surface area contributed by atoms with Gasteiger partial charge in [-0.3, -0.25) is 4.79 Å². The van der Waals surface area contributed by atoms with E-state index in [4.69, 9.17) is 4.74 Å². The molecule has 3 nitrogen and oxygen atoms in total. The molecule has 0 aliphatic carbocycles. The van der Waals surface area contributed by atoms with Gasteiger partial charge in [0.1, 0.15) is 5.82 Å². The molecular weight excluding hydrogens is 283 g/mol. The van der Waals surface area contributed by atoms with Crippen LogP contribution in [0.4, 0.5) is 4.39 Å². The van der Waals surface area contributed by atoms with Crippen molar-refractivity contribution in [2.45, 2.75) is 13.0 Å². The number of hydrogen-bond donors (Lipinski definition) is 0. The molecule has 112 valence electrons. The van der Waals surface area contributed by atoms with Crippen molar-refractivity contribution < 1.29 is 18.7 Å². The van der Waals surface area contributed by atoms with Gasteiger partial charge < -0.3 is 4.74 Å². The van der Waals surface area contributed by atoms with Crippen LogP contribution in [-0.4, -0.2) is 17.9 Å². The number of rotatable bonds is 5. The maximum atomic E-state index is 13.4. The zero-order chi connectivity index (χ0) is 15.9. The number of ether oxygens (including phenoxy) is 1. The van der Waals surface area contributed by atoms with E-state index in [1.807, 2.05) is 0 Å². The number of esters is 1. The minimum atomic E-state index is -0.903. The fraction of sp³-hybridized carbons (Fsp3) is 0.111. The number of carbonyl (C=O) groups is 2. The lowest BCUT2D eigenvalue weighted by atomic mass is 10.1. The molecule has 0 aromatic heterocycles. The van der Waals surface area contributed by atoms with Crippen LogP contribution >= 0.6 is 0 Å². The summed E-state index contributed by atoms with van der Waals surface area (Å²) in [5, 5.41) is 0. The predicted molar refractivity (Wildman–Crippen MR) is 81.8 cm³/mol. The van der Waals surface area contributed by atoms with Crippen molar-refractivity contribution in [2.24, 2.45) is 0 Å². The van der Waals surface area contributed by atoms with Crippen LogP contribution in [0.2, 0.25) is 0 Å². The molecule has 22 heavy (non-hydrogen) atoms. The summed E-state index contributed by atoms with van der Waals surface area (Å²) >= 11 is 0. The monoisotopic (exact) mass is 298 g/mol. The molecule has 0 aliphatic rings. The summed E-state index contributed by atoms with van der Waals surface area (Å²) in [5.41, 5.74) is 0.752. The first kappa shape index (κ1) is 15.6. The third-order valence-corrected chi connectivity index (χ3v) is 3.02. The minimum Gasteiger partial charge on any atom is -0.451 e. The minimum absolute atomic E-state index is 0.279. The van der Waals surface area contributed by atoms with Crippen molar-refractivity contribution in [2.75, 3.05) is 0 Å². The second-order valence-corrected chi connectivity index (χ2v) is 4.66. The Morgan fingerprint density at radius 1 is 1.05 bits per heavy atom. The van der Waals surface area contributed by atoms with Crippen LogP contribution in [0.25, 0.3) is 6.08 Å². The summed E-state index contributed by atoms with van der Waals surface area (Å²) in [7, 11) is 0. The molecule has 4 heteroatoms. The zero-order valence-corrected chi connectivity index (χ0v) is 12.0. The Bertz CT molecular complexity index is 692. The Labute approximate surface area is 128 Å². The van der Waals surface area contributed by atoms with Gasteiger partial charge in [0.2, 0.25) is 5.78 Å². The van der Waals surface area contributed by atoms with E-state index in [9.17, 15) is 14.0 Å². The highest BCUT2D eigenvalue weighted by Crippen LogP contribution is 2.10. The highest BCUT2D eigenvalue weighted by atomic mass is 19.1. The first-order valence-corrected chi connectivity index (χ1v) is 6.80. The Balaban J connectivity index is 1.97. The topological polar surface area (TPSA) is 43.4 Å². The molecule has 0 saturated heterocycles. The quantitative estimate of drug-likeness (QED) is 0.481. The van der Waals surface area contributed by atoms with Gasteiger partial charge in [-0.15, -0.1) is 0 Å². The third kappa shape index (κ3) is 4.12. The van der Waals surface area contributed by atoms with Crippen molar-refractivity contribution >= 4 is 17.8 Å². The van der Waals surface area contributed by atoms with E-state index < -0.39 is 17.9 Å². The van der Waals surface area contributed by atoms with Gasteiger partial charge >= 0.3 is 5.97 Å². The molecule has 1 atom stereocenters. The van der Waals surface area contributed by atoms with E-state index in [2.05, 4.69) is 0 Å². The van der Waals surface area contributed by atoms with E-state index in [0.29, 0.717) is 5.56 Å². The van der Waals surface area contributed by atoms with Crippen molar-refractivity contribution in [3.63, 3.8) is 0 Å². The van der Waals surface area contributed by atoms with Gasteiger partial charge in [-0.1, -0.05) is 48.5 Å². The Kier molecular flexibility index (Phi) is 5.20. The van der Waals surface area contributed by atoms with Crippen molar-refractivity contribution in [3.8, 4) is 0 Å². The lowest BCUT2D eigenvalue weighted by Crippen LogP contribution is -2.23. The Morgan fingerprint density at radius 2 is 1.68 bits per heavy atom. The predicted octanol–water partition coefficient (Wildman–Crippen LogP) is 3.65. The highest BCUT2D eigenvalue weighted by Gasteiger charge is 2.18. The average Bonchev–Trinajstić information content (AvgIpc) is 2.54. The van der Waals surface area contributed by atoms with Gasteiger partial charge in [0.05, 0.1) is 0 Å². The molecule has 0 amide bonds. The van der Waals surface area contributed by atoms with Crippen molar-refractivity contribution in [3.05, 3.63) is 77.6 Å². The number of ketones is 1. The zero-order valence-electron chi connectivity index (χ0n) is 12.0. The first-order valence-electron chi connectivity index (χ1n) is 6.80. The highest BCUT2D eigenvalue weighted by molar-refractivity contribution is 6.00. The van der Waals surface area contributed by atoms with Crippen molar-refractivity contribution in [1.82, 2.24) is 0 Å². The second-order valence-electron chi connectivity index (χ2n) is 4.66. The molecular formula is C18H15FO3. The molecule has 0 bridgehead atoms. The first-order chi connectivity index (χ1) is 10.6.